The Morgan fingerprint density at radius 2 is 2.06 bits per heavy atom. The molecule has 1 aliphatic heterocycles. The van der Waals surface area contributed by atoms with Gasteiger partial charge in [0.05, 0.1) is 19.1 Å². The van der Waals surface area contributed by atoms with E-state index in [9.17, 15) is 14.7 Å². The van der Waals surface area contributed by atoms with Gasteiger partial charge in [-0.1, -0.05) is 6.92 Å². The Morgan fingerprint density at radius 1 is 1.41 bits per heavy atom. The standard InChI is InChI=1S/C13H15NO3/c1-2-12(16)9-3-5-10(6-4-9)14-8-11(15)7-13(14)17/h3-6,11,15H,2,7-8H2,1H3. The average molecular weight is 233 g/mol. The van der Waals surface area contributed by atoms with Crippen molar-refractivity contribution in [1.82, 2.24) is 0 Å². The molecule has 1 heterocycles. The minimum atomic E-state index is -0.584. The molecule has 4 heteroatoms. The van der Waals surface area contributed by atoms with Gasteiger partial charge in [0.15, 0.2) is 5.78 Å². The van der Waals surface area contributed by atoms with E-state index in [4.69, 9.17) is 0 Å². The number of anilines is 1. The van der Waals surface area contributed by atoms with Crippen molar-refractivity contribution in [1.29, 1.82) is 0 Å². The molecule has 1 aliphatic rings. The number of rotatable bonds is 3. The molecule has 0 saturated carbocycles. The molecule has 1 unspecified atom stereocenters. The van der Waals surface area contributed by atoms with Gasteiger partial charge in [0.1, 0.15) is 0 Å². The normalized spacial score (nSPS) is 19.8. The lowest BCUT2D eigenvalue weighted by Gasteiger charge is -2.15. The summed E-state index contributed by atoms with van der Waals surface area (Å²) in [5.74, 6) is 0.0106. The second kappa shape index (κ2) is 4.67. The van der Waals surface area contributed by atoms with Gasteiger partial charge in [-0.3, -0.25) is 9.59 Å². The van der Waals surface area contributed by atoms with E-state index in [1.165, 1.54) is 0 Å². The zero-order valence-electron chi connectivity index (χ0n) is 9.72. The molecule has 0 radical (unpaired) electrons. The van der Waals surface area contributed by atoms with Crippen LogP contribution in [0.25, 0.3) is 0 Å². The molecule has 1 fully saturated rings. The van der Waals surface area contributed by atoms with E-state index >= 15 is 0 Å². The number of ketones is 1. The Bertz CT molecular complexity index is 438. The van der Waals surface area contributed by atoms with Crippen molar-refractivity contribution in [3.63, 3.8) is 0 Å². The number of Topliss-reactive ketones (excluding diaryl/α,β-unsaturated/α-hetero) is 1. The van der Waals surface area contributed by atoms with Crippen LogP contribution < -0.4 is 4.90 Å². The number of hydrogen-bond acceptors (Lipinski definition) is 3. The molecule has 2 rings (SSSR count). The second-order valence-electron chi connectivity index (χ2n) is 4.19. The summed E-state index contributed by atoms with van der Waals surface area (Å²) in [7, 11) is 0. The number of hydrogen-bond donors (Lipinski definition) is 1. The van der Waals surface area contributed by atoms with Crippen LogP contribution in [-0.4, -0.2) is 29.4 Å². The number of nitrogens with zero attached hydrogens (tertiary/aromatic N) is 1. The third-order valence-electron chi connectivity index (χ3n) is 2.93. The highest BCUT2D eigenvalue weighted by molar-refractivity contribution is 5.98. The van der Waals surface area contributed by atoms with Crippen molar-refractivity contribution in [2.75, 3.05) is 11.4 Å². The third kappa shape index (κ3) is 2.36. The molecule has 4 nitrogen and oxygen atoms in total. The first-order chi connectivity index (χ1) is 8.11. The van der Waals surface area contributed by atoms with Crippen molar-refractivity contribution in [3.8, 4) is 0 Å². The van der Waals surface area contributed by atoms with Crippen LogP contribution in [0.1, 0.15) is 30.1 Å². The molecule has 0 aromatic heterocycles. The zero-order chi connectivity index (χ0) is 12.4. The van der Waals surface area contributed by atoms with E-state index in [-0.39, 0.29) is 18.1 Å². The molecule has 17 heavy (non-hydrogen) atoms. The Hall–Kier alpha value is -1.68. The molecule has 0 bridgehead atoms. The SMILES string of the molecule is CCC(=O)c1ccc(N2CC(O)CC2=O)cc1. The molecule has 1 N–H and O–H groups in total. The Morgan fingerprint density at radius 3 is 2.53 bits per heavy atom. The number of benzene rings is 1. The number of amides is 1. The van der Waals surface area contributed by atoms with Gasteiger partial charge in [-0.2, -0.15) is 0 Å². The van der Waals surface area contributed by atoms with Gasteiger partial charge >= 0.3 is 0 Å². The van der Waals surface area contributed by atoms with Gasteiger partial charge in [0.25, 0.3) is 0 Å². The molecule has 1 saturated heterocycles. The first-order valence-corrected chi connectivity index (χ1v) is 5.73. The fourth-order valence-electron chi connectivity index (χ4n) is 1.97. The second-order valence-corrected chi connectivity index (χ2v) is 4.19. The molecule has 1 aromatic rings. The lowest BCUT2D eigenvalue weighted by atomic mass is 10.1. The first-order valence-electron chi connectivity index (χ1n) is 5.73. The van der Waals surface area contributed by atoms with E-state index in [1.807, 2.05) is 6.92 Å². The molecule has 1 amide bonds. The molecule has 0 aliphatic carbocycles. The number of β-amino-alcohol motifs (C(OH)–C–C–N with tert-alkyl or cyclic N) is 1. The maximum atomic E-state index is 11.6. The summed E-state index contributed by atoms with van der Waals surface area (Å²) in [6, 6.07) is 6.94. The van der Waals surface area contributed by atoms with Crippen LogP contribution >= 0.6 is 0 Å². The number of aliphatic hydroxyl groups is 1. The number of aliphatic hydroxyl groups excluding tert-OH is 1. The summed E-state index contributed by atoms with van der Waals surface area (Å²) < 4.78 is 0. The van der Waals surface area contributed by atoms with Gasteiger partial charge < -0.3 is 10.0 Å². The minimum absolute atomic E-state index is 0.0768. The zero-order valence-corrected chi connectivity index (χ0v) is 9.72. The third-order valence-corrected chi connectivity index (χ3v) is 2.93. The van der Waals surface area contributed by atoms with E-state index in [0.29, 0.717) is 18.5 Å². The van der Waals surface area contributed by atoms with E-state index in [1.54, 1.807) is 29.2 Å². The Kier molecular flexibility index (Phi) is 3.24. The average Bonchev–Trinajstić information content (AvgIpc) is 2.68. The fraction of sp³-hybridized carbons (Fsp3) is 0.385. The fourth-order valence-corrected chi connectivity index (χ4v) is 1.97. The highest BCUT2D eigenvalue weighted by Gasteiger charge is 2.28. The predicted octanol–water partition coefficient (Wildman–Crippen LogP) is 1.38. The van der Waals surface area contributed by atoms with Crippen molar-refractivity contribution in [3.05, 3.63) is 29.8 Å². The quantitative estimate of drug-likeness (QED) is 0.802. The lowest BCUT2D eigenvalue weighted by molar-refractivity contribution is -0.117. The summed E-state index contributed by atoms with van der Waals surface area (Å²) in [6.07, 6.45) is 0.0653. The summed E-state index contributed by atoms with van der Waals surface area (Å²) >= 11 is 0. The van der Waals surface area contributed by atoms with Crippen molar-refractivity contribution >= 4 is 17.4 Å². The van der Waals surface area contributed by atoms with Crippen LogP contribution in [0.4, 0.5) is 5.69 Å². The predicted molar refractivity (Wildman–Crippen MR) is 64.0 cm³/mol. The van der Waals surface area contributed by atoms with Gasteiger partial charge in [-0.05, 0) is 24.3 Å². The maximum Gasteiger partial charge on any atom is 0.229 e. The lowest BCUT2D eigenvalue weighted by Crippen LogP contribution is -2.25. The van der Waals surface area contributed by atoms with Gasteiger partial charge in [-0.15, -0.1) is 0 Å². The van der Waals surface area contributed by atoms with Gasteiger partial charge in [0, 0.05) is 17.7 Å². The van der Waals surface area contributed by atoms with Crippen LogP contribution in [0.3, 0.4) is 0 Å². The van der Waals surface area contributed by atoms with E-state index in [2.05, 4.69) is 0 Å². The van der Waals surface area contributed by atoms with Gasteiger partial charge in [0.2, 0.25) is 5.91 Å². The molecular weight excluding hydrogens is 218 g/mol. The highest BCUT2D eigenvalue weighted by Crippen LogP contribution is 2.22. The van der Waals surface area contributed by atoms with Crippen LogP contribution in [0.5, 0.6) is 0 Å². The van der Waals surface area contributed by atoms with Crippen molar-refractivity contribution in [2.24, 2.45) is 0 Å². The van der Waals surface area contributed by atoms with Crippen molar-refractivity contribution < 1.29 is 14.7 Å². The summed E-state index contributed by atoms with van der Waals surface area (Å²) in [4.78, 5) is 24.5. The van der Waals surface area contributed by atoms with E-state index < -0.39 is 6.10 Å². The number of carbonyl (C=O) groups is 2. The summed E-state index contributed by atoms with van der Waals surface area (Å²) in [5.41, 5.74) is 1.39. The Balaban J connectivity index is 2.18. The molecule has 1 atom stereocenters. The highest BCUT2D eigenvalue weighted by atomic mass is 16.3. The largest absolute Gasteiger partial charge is 0.391 e. The smallest absolute Gasteiger partial charge is 0.229 e. The Labute approximate surface area is 99.9 Å². The number of carbonyl (C=O) groups excluding carboxylic acids is 2. The van der Waals surface area contributed by atoms with Gasteiger partial charge in [-0.25, -0.2) is 0 Å². The van der Waals surface area contributed by atoms with Crippen LogP contribution in [0.15, 0.2) is 24.3 Å². The molecule has 90 valence electrons. The molecule has 1 aromatic carbocycles. The summed E-state index contributed by atoms with van der Waals surface area (Å²) in [6.45, 7) is 2.15. The topological polar surface area (TPSA) is 57.6 Å². The van der Waals surface area contributed by atoms with Crippen LogP contribution in [0.2, 0.25) is 0 Å². The molecule has 0 spiro atoms. The monoisotopic (exact) mass is 233 g/mol. The maximum absolute atomic E-state index is 11.6. The summed E-state index contributed by atoms with van der Waals surface area (Å²) in [5, 5.41) is 9.40. The van der Waals surface area contributed by atoms with Crippen LogP contribution in [0, 0.1) is 0 Å². The first kappa shape index (κ1) is 11.8. The van der Waals surface area contributed by atoms with E-state index in [0.717, 1.165) is 5.69 Å². The minimum Gasteiger partial charge on any atom is -0.391 e. The van der Waals surface area contributed by atoms with Crippen molar-refractivity contribution in [2.45, 2.75) is 25.9 Å². The van der Waals surface area contributed by atoms with Crippen LogP contribution in [-0.2, 0) is 4.79 Å². The molecular formula is C13H15NO3.